The number of aromatic nitrogens is 2. The summed E-state index contributed by atoms with van der Waals surface area (Å²) in [5.74, 6) is 0. The molecular weight excluding hydrogens is 164 g/mol. The first kappa shape index (κ1) is 9.75. The first-order valence-electron chi connectivity index (χ1n) is 4.16. The summed E-state index contributed by atoms with van der Waals surface area (Å²) in [4.78, 5) is 2.04. The van der Waals surface area contributed by atoms with E-state index in [0.29, 0.717) is 6.42 Å². The van der Waals surface area contributed by atoms with E-state index in [1.165, 1.54) is 0 Å². The molecule has 0 bridgehead atoms. The first-order chi connectivity index (χ1) is 6.13. The van der Waals surface area contributed by atoms with E-state index < -0.39 is 0 Å². The van der Waals surface area contributed by atoms with E-state index in [2.05, 4.69) is 11.2 Å². The van der Waals surface area contributed by atoms with Gasteiger partial charge in [0.1, 0.15) is 0 Å². The van der Waals surface area contributed by atoms with Crippen LogP contribution in [0.5, 0.6) is 0 Å². The van der Waals surface area contributed by atoms with E-state index in [1.54, 1.807) is 4.68 Å². The van der Waals surface area contributed by atoms with Crippen LogP contribution in [0.4, 0.5) is 0 Å². The summed E-state index contributed by atoms with van der Waals surface area (Å²) in [6.07, 6.45) is 2.35. The summed E-state index contributed by atoms with van der Waals surface area (Å²) in [6, 6.07) is 2.14. The summed E-state index contributed by atoms with van der Waals surface area (Å²) < 4.78 is 1.76. The molecular formula is C9H14N4. The lowest BCUT2D eigenvalue weighted by Crippen LogP contribution is -2.12. The van der Waals surface area contributed by atoms with Crippen molar-refractivity contribution in [3.8, 4) is 6.07 Å². The van der Waals surface area contributed by atoms with Crippen molar-refractivity contribution < 1.29 is 0 Å². The average Bonchev–Trinajstić information content (AvgIpc) is 2.31. The fraction of sp³-hybridized carbons (Fsp3) is 0.556. The highest BCUT2D eigenvalue weighted by molar-refractivity contribution is 5.20. The van der Waals surface area contributed by atoms with Gasteiger partial charge in [0.15, 0.2) is 0 Å². The zero-order valence-corrected chi connectivity index (χ0v) is 8.28. The van der Waals surface area contributed by atoms with Crippen molar-refractivity contribution in [3.63, 3.8) is 0 Å². The third-order valence-electron chi connectivity index (χ3n) is 1.73. The Morgan fingerprint density at radius 3 is 2.85 bits per heavy atom. The normalized spacial score (nSPS) is 10.4. The quantitative estimate of drug-likeness (QED) is 0.679. The summed E-state index contributed by atoms with van der Waals surface area (Å²) >= 11 is 0. The largest absolute Gasteiger partial charge is 0.303 e. The molecule has 0 saturated heterocycles. The Balaban J connectivity index is 2.85. The molecule has 0 aromatic carbocycles. The average molecular weight is 178 g/mol. The van der Waals surface area contributed by atoms with Crippen molar-refractivity contribution in [2.75, 3.05) is 14.1 Å². The summed E-state index contributed by atoms with van der Waals surface area (Å²) in [7, 11) is 5.86. The molecule has 0 saturated carbocycles. The minimum atomic E-state index is 0.441. The molecule has 13 heavy (non-hydrogen) atoms. The van der Waals surface area contributed by atoms with Crippen LogP contribution < -0.4 is 0 Å². The Morgan fingerprint density at radius 1 is 1.62 bits per heavy atom. The second-order valence-electron chi connectivity index (χ2n) is 3.35. The minimum absolute atomic E-state index is 0.441. The van der Waals surface area contributed by atoms with Gasteiger partial charge in [0.25, 0.3) is 0 Å². The van der Waals surface area contributed by atoms with Gasteiger partial charge in [-0.1, -0.05) is 0 Å². The predicted octanol–water partition coefficient (Wildman–Crippen LogP) is 0.548. The van der Waals surface area contributed by atoms with Crippen LogP contribution >= 0.6 is 0 Å². The second kappa shape index (κ2) is 4.06. The Morgan fingerprint density at radius 2 is 2.31 bits per heavy atom. The van der Waals surface area contributed by atoms with Gasteiger partial charge in [0.05, 0.1) is 18.2 Å². The number of hydrogen-bond donors (Lipinski definition) is 0. The van der Waals surface area contributed by atoms with Crippen molar-refractivity contribution in [2.24, 2.45) is 7.05 Å². The van der Waals surface area contributed by atoms with Crippen molar-refractivity contribution in [1.29, 1.82) is 5.26 Å². The third-order valence-corrected chi connectivity index (χ3v) is 1.73. The molecule has 1 rings (SSSR count). The highest BCUT2D eigenvalue weighted by Gasteiger charge is 2.07. The molecule has 0 radical (unpaired) electrons. The van der Waals surface area contributed by atoms with Gasteiger partial charge in [-0.3, -0.25) is 4.68 Å². The van der Waals surface area contributed by atoms with Crippen LogP contribution in [0.15, 0.2) is 6.20 Å². The van der Waals surface area contributed by atoms with Gasteiger partial charge >= 0.3 is 0 Å². The molecule has 1 heterocycles. The number of rotatable bonds is 3. The Kier molecular flexibility index (Phi) is 3.04. The highest BCUT2D eigenvalue weighted by atomic mass is 15.3. The van der Waals surface area contributed by atoms with Crippen molar-refractivity contribution >= 4 is 0 Å². The second-order valence-corrected chi connectivity index (χ2v) is 3.35. The minimum Gasteiger partial charge on any atom is -0.303 e. The summed E-state index contributed by atoms with van der Waals surface area (Å²) in [6.45, 7) is 0.790. The van der Waals surface area contributed by atoms with E-state index in [9.17, 15) is 0 Å². The third kappa shape index (κ3) is 2.56. The predicted molar refractivity (Wildman–Crippen MR) is 49.9 cm³/mol. The zero-order valence-electron chi connectivity index (χ0n) is 8.28. The van der Waals surface area contributed by atoms with E-state index >= 15 is 0 Å². The van der Waals surface area contributed by atoms with Crippen molar-refractivity contribution in [1.82, 2.24) is 14.7 Å². The van der Waals surface area contributed by atoms with Crippen LogP contribution in [-0.2, 0) is 20.0 Å². The summed E-state index contributed by atoms with van der Waals surface area (Å²) in [5.41, 5.74) is 2.02. The van der Waals surface area contributed by atoms with Crippen LogP contribution in [0.3, 0.4) is 0 Å². The molecule has 1 aromatic heterocycles. The van der Waals surface area contributed by atoms with Crippen LogP contribution in [0, 0.1) is 11.3 Å². The maximum absolute atomic E-state index is 8.59. The zero-order chi connectivity index (χ0) is 9.84. The molecule has 0 unspecified atom stereocenters. The lowest BCUT2D eigenvalue weighted by Gasteiger charge is -2.07. The maximum Gasteiger partial charge on any atom is 0.0806 e. The fourth-order valence-corrected chi connectivity index (χ4v) is 1.25. The van der Waals surface area contributed by atoms with Crippen LogP contribution in [-0.4, -0.2) is 28.8 Å². The molecule has 0 N–H and O–H groups in total. The van der Waals surface area contributed by atoms with Gasteiger partial charge in [-0.05, 0) is 14.1 Å². The van der Waals surface area contributed by atoms with Crippen molar-refractivity contribution in [2.45, 2.75) is 13.0 Å². The number of aryl methyl sites for hydroxylation is 1. The van der Waals surface area contributed by atoms with Gasteiger partial charge in [0, 0.05) is 25.4 Å². The van der Waals surface area contributed by atoms with Gasteiger partial charge < -0.3 is 4.90 Å². The van der Waals surface area contributed by atoms with E-state index in [0.717, 1.165) is 17.8 Å². The molecule has 0 fully saturated rings. The molecule has 0 aliphatic rings. The van der Waals surface area contributed by atoms with Crippen LogP contribution in [0.1, 0.15) is 11.3 Å². The molecule has 1 aromatic rings. The Bertz CT molecular complexity index is 319. The van der Waals surface area contributed by atoms with Gasteiger partial charge in [-0.2, -0.15) is 10.4 Å². The smallest absolute Gasteiger partial charge is 0.0806 e. The topological polar surface area (TPSA) is 44.9 Å². The Labute approximate surface area is 78.4 Å². The van der Waals surface area contributed by atoms with Gasteiger partial charge in [-0.25, -0.2) is 0 Å². The molecule has 0 aliphatic carbocycles. The standard InChI is InChI=1S/C9H14N4/c1-12(2)7-9-8(4-5-10)6-13(3)11-9/h6H,4,7H2,1-3H3. The SMILES string of the molecule is CN(C)Cc1nn(C)cc1CC#N. The van der Waals surface area contributed by atoms with Gasteiger partial charge in [-0.15, -0.1) is 0 Å². The Hall–Kier alpha value is -1.34. The molecule has 70 valence electrons. The van der Waals surface area contributed by atoms with Crippen LogP contribution in [0.2, 0.25) is 0 Å². The number of nitrogens with zero attached hydrogens (tertiary/aromatic N) is 4. The molecule has 0 spiro atoms. The molecule has 0 aliphatic heterocycles. The monoisotopic (exact) mass is 178 g/mol. The van der Waals surface area contributed by atoms with E-state index in [4.69, 9.17) is 5.26 Å². The molecule has 0 atom stereocenters. The van der Waals surface area contributed by atoms with Gasteiger partial charge in [0.2, 0.25) is 0 Å². The molecule has 4 heteroatoms. The van der Waals surface area contributed by atoms with Crippen LogP contribution in [0.25, 0.3) is 0 Å². The maximum atomic E-state index is 8.59. The lowest BCUT2D eigenvalue weighted by atomic mass is 10.2. The number of hydrogen-bond acceptors (Lipinski definition) is 3. The first-order valence-corrected chi connectivity index (χ1v) is 4.16. The summed E-state index contributed by atoms with van der Waals surface area (Å²) in [5, 5.41) is 12.9. The highest BCUT2D eigenvalue weighted by Crippen LogP contribution is 2.08. The fourth-order valence-electron chi connectivity index (χ4n) is 1.25. The number of nitriles is 1. The molecule has 0 amide bonds. The van der Waals surface area contributed by atoms with Crippen molar-refractivity contribution in [3.05, 3.63) is 17.5 Å². The molecule has 4 nitrogen and oxygen atoms in total. The lowest BCUT2D eigenvalue weighted by molar-refractivity contribution is 0.393. The van der Waals surface area contributed by atoms with E-state index in [-0.39, 0.29) is 0 Å². The van der Waals surface area contributed by atoms with E-state index in [1.807, 2.05) is 32.2 Å².